The molecule has 1 aliphatic rings. The Morgan fingerprint density at radius 1 is 1.02 bits per heavy atom. The zero-order chi connectivity index (χ0) is 35.3. The van der Waals surface area contributed by atoms with E-state index in [0.29, 0.717) is 18.5 Å². The van der Waals surface area contributed by atoms with Gasteiger partial charge in [0, 0.05) is 33.0 Å². The van der Waals surface area contributed by atoms with Crippen LogP contribution in [0.5, 0.6) is 0 Å². The number of fused-ring (bicyclic) bond motifs is 1. The predicted molar refractivity (Wildman–Crippen MR) is 179 cm³/mol. The Labute approximate surface area is 279 Å². The van der Waals surface area contributed by atoms with Crippen LogP contribution in [0.15, 0.2) is 77.7 Å². The largest absolute Gasteiger partial charge is 0.481 e. The minimum Gasteiger partial charge on any atom is -0.481 e. The van der Waals surface area contributed by atoms with Crippen LogP contribution in [-0.4, -0.2) is 87.0 Å². The highest BCUT2D eigenvalue weighted by atomic mass is 32.2. The molecule has 7 N–H and O–H groups in total. The van der Waals surface area contributed by atoms with E-state index in [2.05, 4.69) is 15.4 Å². The summed E-state index contributed by atoms with van der Waals surface area (Å²) in [4.78, 5) is 49.9. The Hall–Kier alpha value is -5.02. The van der Waals surface area contributed by atoms with Crippen molar-refractivity contribution in [1.29, 1.82) is 5.41 Å². The lowest BCUT2D eigenvalue weighted by Crippen LogP contribution is -2.54. The van der Waals surface area contributed by atoms with Crippen LogP contribution in [0.2, 0.25) is 0 Å². The Morgan fingerprint density at radius 2 is 1.67 bits per heavy atom. The van der Waals surface area contributed by atoms with Crippen molar-refractivity contribution >= 4 is 50.5 Å². The predicted octanol–water partition coefficient (Wildman–Crippen LogP) is 1.59. The topological polar surface area (TPSA) is 221 Å². The molecule has 2 amide bonds. The molecule has 1 aliphatic heterocycles. The van der Waals surface area contributed by atoms with Crippen LogP contribution in [0.4, 0.5) is 0 Å². The second-order valence-corrected chi connectivity index (χ2v) is 13.0. The summed E-state index contributed by atoms with van der Waals surface area (Å²) in [6.07, 6.45) is 1.22. The average molecular weight is 683 g/mol. The third kappa shape index (κ3) is 11.7. The fourth-order valence-corrected chi connectivity index (χ4v) is 6.43. The van der Waals surface area contributed by atoms with Crippen LogP contribution in [0.3, 0.4) is 0 Å². The number of aliphatic carboxylic acids is 1. The Morgan fingerprint density at radius 3 is 2.31 bits per heavy atom. The average Bonchev–Trinajstić information content (AvgIpc) is 3.06. The number of hydrogen-bond acceptors (Lipinski definition) is 8. The van der Waals surface area contributed by atoms with E-state index in [9.17, 15) is 22.8 Å². The number of amides is 2. The third-order valence-corrected chi connectivity index (χ3v) is 9.04. The first kappa shape index (κ1) is 37.4. The number of carboxylic acid groups (broad SMARTS) is 1. The number of carbonyl (C=O) groups excluding carboxylic acids is 3. The molecule has 0 aromatic heterocycles. The molecule has 14 nitrogen and oxygen atoms in total. The molecule has 1 saturated heterocycles. The molecular weight excluding hydrogens is 640 g/mol. The van der Waals surface area contributed by atoms with Crippen molar-refractivity contribution in [3.8, 4) is 0 Å². The number of hydrogen-bond donors (Lipinski definition) is 6. The number of rotatable bonds is 12. The molecule has 0 aliphatic carbocycles. The van der Waals surface area contributed by atoms with Gasteiger partial charge in [0.15, 0.2) is 5.96 Å². The molecule has 0 saturated carbocycles. The number of likely N-dealkylation sites (tertiary alicyclic amines) is 1. The van der Waals surface area contributed by atoms with Gasteiger partial charge in [0.2, 0.25) is 21.8 Å². The highest BCUT2D eigenvalue weighted by Gasteiger charge is 2.32. The number of nitrogens with two attached hydrogens (primary N) is 1. The number of piperidine rings is 1. The van der Waals surface area contributed by atoms with Crippen molar-refractivity contribution in [1.82, 2.24) is 20.3 Å². The zero-order valence-electron chi connectivity index (χ0n) is 26.8. The minimum absolute atomic E-state index is 0.0310. The maximum atomic E-state index is 13.6. The first-order valence-electron chi connectivity index (χ1n) is 15.3. The molecule has 1 heterocycles. The number of ether oxygens (including phenoxy) is 1. The molecule has 3 aromatic rings. The van der Waals surface area contributed by atoms with Gasteiger partial charge in [-0.1, -0.05) is 60.7 Å². The first-order valence-corrected chi connectivity index (χ1v) is 16.8. The normalized spacial score (nSPS) is 15.6. The quantitative estimate of drug-likeness (QED) is 0.0920. The second-order valence-electron chi connectivity index (χ2n) is 11.3. The number of carbonyl (C=O) groups is 4. The van der Waals surface area contributed by atoms with Crippen LogP contribution in [0.25, 0.3) is 10.8 Å². The zero-order valence-corrected chi connectivity index (χ0v) is 27.7. The van der Waals surface area contributed by atoms with E-state index in [-0.39, 0.29) is 29.7 Å². The maximum Gasteiger partial charge on any atom is 0.328 e. The van der Waals surface area contributed by atoms with E-state index in [1.807, 2.05) is 18.2 Å². The monoisotopic (exact) mass is 682 g/mol. The molecule has 15 heteroatoms. The van der Waals surface area contributed by atoms with Crippen molar-refractivity contribution in [2.45, 2.75) is 49.6 Å². The second kappa shape index (κ2) is 17.8. The summed E-state index contributed by atoms with van der Waals surface area (Å²) in [5, 5.41) is 22.0. The number of nitrogens with one attached hydrogen (secondary N) is 4. The van der Waals surface area contributed by atoms with Gasteiger partial charge in [-0.2, -0.15) is 4.72 Å². The van der Waals surface area contributed by atoms with Crippen LogP contribution in [-0.2, 0) is 40.4 Å². The van der Waals surface area contributed by atoms with Crippen molar-refractivity contribution in [3.05, 3.63) is 78.4 Å². The molecule has 0 bridgehead atoms. The van der Waals surface area contributed by atoms with Gasteiger partial charge in [-0.3, -0.25) is 19.8 Å². The van der Waals surface area contributed by atoms with E-state index in [4.69, 9.17) is 25.8 Å². The van der Waals surface area contributed by atoms with Crippen LogP contribution < -0.4 is 21.1 Å². The Balaban J connectivity index is 0.00000148. The highest BCUT2D eigenvalue weighted by Crippen LogP contribution is 2.20. The van der Waals surface area contributed by atoms with Crippen molar-refractivity contribution < 1.29 is 37.4 Å². The lowest BCUT2D eigenvalue weighted by Gasteiger charge is -2.33. The summed E-state index contributed by atoms with van der Waals surface area (Å²) in [6.45, 7) is 2.53. The molecule has 3 atom stereocenters. The number of benzene rings is 3. The van der Waals surface area contributed by atoms with Gasteiger partial charge in [0.05, 0.1) is 18.4 Å². The Kier molecular flexibility index (Phi) is 13.9. The highest BCUT2D eigenvalue weighted by molar-refractivity contribution is 7.89. The van der Waals surface area contributed by atoms with Gasteiger partial charge < -0.3 is 31.1 Å². The molecule has 0 spiro atoms. The van der Waals surface area contributed by atoms with Crippen molar-refractivity contribution in [2.24, 2.45) is 11.7 Å². The summed E-state index contributed by atoms with van der Waals surface area (Å²) in [5.74, 6) is -2.94. The Bertz CT molecular complexity index is 1700. The summed E-state index contributed by atoms with van der Waals surface area (Å²) in [6, 6.07) is 18.1. The molecule has 0 radical (unpaired) electrons. The molecular formula is C33H42N6O8S. The van der Waals surface area contributed by atoms with Gasteiger partial charge in [0.25, 0.3) is 5.97 Å². The first-order chi connectivity index (χ1) is 22.8. The van der Waals surface area contributed by atoms with Crippen molar-refractivity contribution in [3.63, 3.8) is 0 Å². The minimum atomic E-state index is -4.27. The molecule has 48 heavy (non-hydrogen) atoms. The summed E-state index contributed by atoms with van der Waals surface area (Å²) >= 11 is 0. The fraction of sp³-hybridized carbons (Fsp3) is 0.364. The van der Waals surface area contributed by atoms with Gasteiger partial charge in [0.1, 0.15) is 12.1 Å². The fourth-order valence-electron chi connectivity index (χ4n) is 5.20. The molecule has 258 valence electrons. The van der Waals surface area contributed by atoms with E-state index < -0.39 is 52.3 Å². The summed E-state index contributed by atoms with van der Waals surface area (Å²) < 4.78 is 34.3. The standard InChI is InChI=1S/C31H38N6O6S.C2H4O2/c1-43-30(40)27(16-21-8-3-2-4-9-21)35-29(39)26(18-28(38)34-19-22-10-7-15-37(20-22)31(32)33)36-44(41,42)25-14-13-23-11-5-6-12-24(23)17-25;1-2(3)4/h2-6,8-9,11-14,17,22,26-27,36H,7,10,15-16,18-20H2,1H3,(H3,32,33)(H,34,38)(H,35,39);1H3,(H,3,4)/t22-,26-,27+;/m0./s1. The van der Waals surface area contributed by atoms with E-state index in [1.165, 1.54) is 19.2 Å². The molecule has 4 rings (SSSR count). The number of guanidine groups is 1. The maximum absolute atomic E-state index is 13.6. The van der Waals surface area contributed by atoms with Crippen LogP contribution in [0.1, 0.15) is 31.7 Å². The smallest absolute Gasteiger partial charge is 0.328 e. The van der Waals surface area contributed by atoms with Crippen LogP contribution in [0, 0.1) is 11.3 Å². The lowest BCUT2D eigenvalue weighted by molar-refractivity contribution is -0.145. The number of esters is 1. The summed E-state index contributed by atoms with van der Waals surface area (Å²) in [5.41, 5.74) is 6.37. The lowest BCUT2D eigenvalue weighted by atomic mass is 9.98. The van der Waals surface area contributed by atoms with Gasteiger partial charge in [-0.15, -0.1) is 0 Å². The third-order valence-electron chi connectivity index (χ3n) is 7.57. The molecule has 3 aromatic carbocycles. The van der Waals surface area contributed by atoms with Gasteiger partial charge in [-0.05, 0) is 47.2 Å². The van der Waals surface area contributed by atoms with Crippen molar-refractivity contribution in [2.75, 3.05) is 26.7 Å². The number of carboxylic acids is 1. The number of methoxy groups -OCH3 is 1. The summed E-state index contributed by atoms with van der Waals surface area (Å²) in [7, 11) is -3.07. The number of nitrogens with zero attached hydrogens (tertiary/aromatic N) is 1. The van der Waals surface area contributed by atoms with E-state index in [0.717, 1.165) is 30.7 Å². The van der Waals surface area contributed by atoms with Crippen LogP contribution >= 0.6 is 0 Å². The van der Waals surface area contributed by atoms with E-state index in [1.54, 1.807) is 47.4 Å². The van der Waals surface area contributed by atoms with E-state index >= 15 is 0 Å². The SMILES string of the molecule is CC(=O)O.COC(=O)[C@@H](Cc1ccccc1)NC(=O)[C@H](CC(=O)NC[C@@H]1CCCN(C(=N)N)C1)NS(=O)(=O)c1ccc2ccccc2c1. The van der Waals surface area contributed by atoms with Gasteiger partial charge in [-0.25, -0.2) is 13.2 Å². The van der Waals surface area contributed by atoms with Gasteiger partial charge >= 0.3 is 5.97 Å². The number of sulfonamides is 1. The molecule has 0 unspecified atom stereocenters. The molecule has 1 fully saturated rings.